The van der Waals surface area contributed by atoms with Gasteiger partial charge in [0.15, 0.2) is 0 Å². The van der Waals surface area contributed by atoms with Gasteiger partial charge in [-0.2, -0.15) is 0 Å². The first-order valence-electron chi connectivity index (χ1n) is 6.02. The van der Waals surface area contributed by atoms with Crippen LogP contribution in [0.25, 0.3) is 0 Å². The van der Waals surface area contributed by atoms with E-state index in [1.54, 1.807) is 13.8 Å². The summed E-state index contributed by atoms with van der Waals surface area (Å²) in [5, 5.41) is 9.13. The molecule has 8 heteroatoms. The largest absolute Gasteiger partial charge is 0.478 e. The maximum Gasteiger partial charge on any atom is 0.337 e. The summed E-state index contributed by atoms with van der Waals surface area (Å²) in [7, 11) is -3.26. The van der Waals surface area contributed by atoms with Gasteiger partial charge < -0.3 is 9.67 Å². The van der Waals surface area contributed by atoms with Crippen LogP contribution in [-0.4, -0.2) is 36.9 Å². The number of pyridine rings is 1. The first-order valence-corrected chi connectivity index (χ1v) is 7.91. The van der Waals surface area contributed by atoms with E-state index in [9.17, 15) is 18.0 Å². The third-order valence-electron chi connectivity index (χ3n) is 2.90. The average molecular weight is 302 g/mol. The number of hydrogen-bond donors (Lipinski definition) is 2. The molecule has 1 aromatic heterocycles. The van der Waals surface area contributed by atoms with E-state index in [2.05, 4.69) is 4.72 Å². The van der Waals surface area contributed by atoms with Gasteiger partial charge in [0, 0.05) is 24.8 Å². The number of aromatic carboxylic acids is 1. The molecule has 0 saturated carbocycles. The molecule has 2 N–H and O–H groups in total. The summed E-state index contributed by atoms with van der Waals surface area (Å²) in [5.41, 5.74) is 0.623. The van der Waals surface area contributed by atoms with Gasteiger partial charge in [-0.3, -0.25) is 4.79 Å². The first-order chi connectivity index (χ1) is 9.13. The zero-order chi connectivity index (χ0) is 15.5. The Morgan fingerprint density at radius 3 is 2.50 bits per heavy atom. The molecule has 7 nitrogen and oxygen atoms in total. The third kappa shape index (κ3) is 4.17. The molecule has 0 aliphatic heterocycles. The van der Waals surface area contributed by atoms with Crippen molar-refractivity contribution in [1.82, 2.24) is 9.29 Å². The summed E-state index contributed by atoms with van der Waals surface area (Å²) in [6.45, 7) is 3.60. The number of aromatic nitrogens is 1. The predicted octanol–water partition coefficient (Wildman–Crippen LogP) is 0.103. The lowest BCUT2D eigenvalue weighted by atomic mass is 10.1. The van der Waals surface area contributed by atoms with Crippen molar-refractivity contribution in [2.75, 3.05) is 12.8 Å². The van der Waals surface area contributed by atoms with Gasteiger partial charge in [-0.15, -0.1) is 0 Å². The number of carboxylic acids is 1. The minimum absolute atomic E-state index is 0.112. The lowest BCUT2D eigenvalue weighted by molar-refractivity contribution is 0.0694. The van der Waals surface area contributed by atoms with Crippen molar-refractivity contribution in [2.45, 2.75) is 26.8 Å². The fraction of sp³-hybridized carbons (Fsp3) is 0.500. The molecular weight excluding hydrogens is 284 g/mol. The van der Waals surface area contributed by atoms with Gasteiger partial charge >= 0.3 is 5.97 Å². The Bertz CT molecular complexity index is 676. The molecule has 0 aliphatic carbocycles. The number of aryl methyl sites for hydroxylation is 1. The number of nitrogens with one attached hydrogen (secondary N) is 1. The summed E-state index contributed by atoms with van der Waals surface area (Å²) in [4.78, 5) is 23.0. The highest BCUT2D eigenvalue weighted by Gasteiger charge is 2.15. The minimum Gasteiger partial charge on any atom is -0.478 e. The van der Waals surface area contributed by atoms with Gasteiger partial charge in [0.25, 0.3) is 5.56 Å². The molecule has 0 radical (unpaired) electrons. The van der Waals surface area contributed by atoms with Crippen LogP contribution in [0, 0.1) is 13.8 Å². The SMILES string of the molecule is Cc1cc(=O)n(CCCNS(C)(=O)=O)c(C)c1C(=O)O. The zero-order valence-electron chi connectivity index (χ0n) is 11.6. The molecule has 20 heavy (non-hydrogen) atoms. The highest BCUT2D eigenvalue weighted by molar-refractivity contribution is 7.88. The number of carboxylic acid groups (broad SMARTS) is 1. The van der Waals surface area contributed by atoms with Crippen LogP contribution in [-0.2, 0) is 16.6 Å². The Morgan fingerprint density at radius 1 is 1.40 bits per heavy atom. The maximum atomic E-state index is 11.9. The molecule has 0 atom stereocenters. The van der Waals surface area contributed by atoms with Crippen LogP contribution in [0.4, 0.5) is 0 Å². The van der Waals surface area contributed by atoms with Crippen molar-refractivity contribution in [3.05, 3.63) is 33.2 Å². The molecule has 0 aliphatic rings. The molecule has 0 spiro atoms. The molecule has 1 rings (SSSR count). The second-order valence-electron chi connectivity index (χ2n) is 4.60. The quantitative estimate of drug-likeness (QED) is 0.725. The Morgan fingerprint density at radius 2 is 2.00 bits per heavy atom. The van der Waals surface area contributed by atoms with Gasteiger partial charge in [-0.05, 0) is 25.8 Å². The van der Waals surface area contributed by atoms with E-state index >= 15 is 0 Å². The summed E-state index contributed by atoms with van der Waals surface area (Å²) in [5.74, 6) is -1.08. The Labute approximate surface area is 117 Å². The Balaban J connectivity index is 2.94. The van der Waals surface area contributed by atoms with E-state index in [1.807, 2.05) is 0 Å². The highest BCUT2D eigenvalue weighted by Crippen LogP contribution is 2.11. The number of hydrogen-bond acceptors (Lipinski definition) is 4. The van der Waals surface area contributed by atoms with Crippen molar-refractivity contribution >= 4 is 16.0 Å². The predicted molar refractivity (Wildman–Crippen MR) is 74.6 cm³/mol. The van der Waals surface area contributed by atoms with Crippen molar-refractivity contribution < 1.29 is 18.3 Å². The molecule has 1 heterocycles. The molecule has 0 saturated heterocycles. The number of nitrogens with zero attached hydrogens (tertiary/aromatic N) is 1. The lowest BCUT2D eigenvalue weighted by Crippen LogP contribution is -2.28. The normalized spacial score (nSPS) is 11.6. The van der Waals surface area contributed by atoms with Gasteiger partial charge in [0.2, 0.25) is 10.0 Å². The van der Waals surface area contributed by atoms with Gasteiger partial charge in [-0.1, -0.05) is 0 Å². The van der Waals surface area contributed by atoms with Crippen molar-refractivity contribution in [3.63, 3.8) is 0 Å². The summed E-state index contributed by atoms with van der Waals surface area (Å²) in [6, 6.07) is 1.28. The minimum atomic E-state index is -3.26. The number of rotatable bonds is 6. The van der Waals surface area contributed by atoms with E-state index in [4.69, 9.17) is 5.11 Å². The number of carbonyl (C=O) groups is 1. The van der Waals surface area contributed by atoms with E-state index in [1.165, 1.54) is 10.6 Å². The van der Waals surface area contributed by atoms with E-state index in [0.29, 0.717) is 17.7 Å². The summed E-state index contributed by atoms with van der Waals surface area (Å²) in [6.07, 6.45) is 1.45. The average Bonchev–Trinajstić information content (AvgIpc) is 2.24. The van der Waals surface area contributed by atoms with E-state index in [0.717, 1.165) is 6.26 Å². The zero-order valence-corrected chi connectivity index (χ0v) is 12.5. The molecule has 112 valence electrons. The molecule has 0 amide bonds. The van der Waals surface area contributed by atoms with Gasteiger partial charge in [0.1, 0.15) is 0 Å². The van der Waals surface area contributed by atoms with Crippen LogP contribution in [0.15, 0.2) is 10.9 Å². The molecule has 0 unspecified atom stereocenters. The van der Waals surface area contributed by atoms with Crippen LogP contribution in [0.3, 0.4) is 0 Å². The second-order valence-corrected chi connectivity index (χ2v) is 6.44. The topological polar surface area (TPSA) is 105 Å². The smallest absolute Gasteiger partial charge is 0.337 e. The lowest BCUT2D eigenvalue weighted by Gasteiger charge is -2.14. The van der Waals surface area contributed by atoms with Crippen molar-refractivity contribution in [2.24, 2.45) is 0 Å². The Kier molecular flexibility index (Phi) is 5.07. The van der Waals surface area contributed by atoms with Crippen LogP contribution in [0.5, 0.6) is 0 Å². The number of sulfonamides is 1. The summed E-state index contributed by atoms with van der Waals surface area (Å²) >= 11 is 0. The highest BCUT2D eigenvalue weighted by atomic mass is 32.2. The third-order valence-corrected chi connectivity index (χ3v) is 3.63. The summed E-state index contributed by atoms with van der Waals surface area (Å²) < 4.78 is 25.5. The van der Waals surface area contributed by atoms with Crippen LogP contribution in [0.1, 0.15) is 28.0 Å². The second kappa shape index (κ2) is 6.19. The fourth-order valence-electron chi connectivity index (χ4n) is 2.02. The van der Waals surface area contributed by atoms with Crippen LogP contribution in [0.2, 0.25) is 0 Å². The van der Waals surface area contributed by atoms with E-state index in [-0.39, 0.29) is 24.2 Å². The monoisotopic (exact) mass is 302 g/mol. The van der Waals surface area contributed by atoms with Crippen molar-refractivity contribution in [3.8, 4) is 0 Å². The molecular formula is C12H18N2O5S. The molecule has 0 aromatic carbocycles. The molecule has 1 aromatic rings. The van der Waals surface area contributed by atoms with Gasteiger partial charge in [-0.25, -0.2) is 17.9 Å². The fourth-order valence-corrected chi connectivity index (χ4v) is 2.53. The van der Waals surface area contributed by atoms with Crippen LogP contribution < -0.4 is 10.3 Å². The van der Waals surface area contributed by atoms with E-state index < -0.39 is 16.0 Å². The maximum absolute atomic E-state index is 11.9. The molecule has 0 fully saturated rings. The molecule has 0 bridgehead atoms. The Hall–Kier alpha value is -1.67. The van der Waals surface area contributed by atoms with Crippen LogP contribution >= 0.6 is 0 Å². The van der Waals surface area contributed by atoms with Crippen molar-refractivity contribution in [1.29, 1.82) is 0 Å². The van der Waals surface area contributed by atoms with Gasteiger partial charge in [0.05, 0.1) is 11.8 Å². The first kappa shape index (κ1) is 16.4. The standard InChI is InChI=1S/C12H18N2O5S/c1-8-7-10(15)14(9(2)11(8)12(16)17)6-4-5-13-20(3,18)19/h7,13H,4-6H2,1-3H3,(H,16,17).